The Morgan fingerprint density at radius 2 is 2.07 bits per heavy atom. The molecule has 1 atom stereocenters. The number of nitrogens with one attached hydrogen (secondary N) is 1. The van der Waals surface area contributed by atoms with Gasteiger partial charge in [-0.2, -0.15) is 15.3 Å². The zero-order chi connectivity index (χ0) is 10.7. The third kappa shape index (κ3) is 2.07. The van der Waals surface area contributed by atoms with E-state index in [1.54, 1.807) is 6.92 Å². The first-order valence-corrected chi connectivity index (χ1v) is 4.57. The molecule has 1 aliphatic rings. The van der Waals surface area contributed by atoms with Crippen LogP contribution < -0.4 is 5.43 Å². The van der Waals surface area contributed by atoms with Gasteiger partial charge in [0.1, 0.15) is 0 Å². The Hall–Kier alpha value is -2.04. The van der Waals surface area contributed by atoms with E-state index in [4.69, 9.17) is 0 Å². The molecule has 5 nitrogen and oxygen atoms in total. The summed E-state index contributed by atoms with van der Waals surface area (Å²) in [6.07, 6.45) is 0. The summed E-state index contributed by atoms with van der Waals surface area (Å²) in [7, 11) is 0. The molecule has 1 N–H and O–H groups in total. The third-order valence-electron chi connectivity index (χ3n) is 2.03. The molecular weight excluding hydrogens is 192 g/mol. The minimum atomic E-state index is -0.579. The van der Waals surface area contributed by atoms with E-state index in [2.05, 4.69) is 20.8 Å². The average Bonchev–Trinajstić information content (AvgIpc) is 2.58. The number of hydrogen-bond donors (Lipinski definition) is 1. The summed E-state index contributed by atoms with van der Waals surface area (Å²) >= 11 is 0. The van der Waals surface area contributed by atoms with E-state index < -0.39 is 6.04 Å². The largest absolute Gasteiger partial charge is 0.272 e. The number of benzene rings is 1. The van der Waals surface area contributed by atoms with Crippen molar-refractivity contribution in [3.8, 4) is 0 Å². The topological polar surface area (TPSA) is 66.2 Å². The van der Waals surface area contributed by atoms with Gasteiger partial charge in [-0.05, 0) is 19.1 Å². The van der Waals surface area contributed by atoms with E-state index in [9.17, 15) is 4.79 Å². The standard InChI is InChI=1S/C10H10N4O/c1-7-9(10(15)14-11-7)13-12-8-5-3-2-4-6-8/h2-6,9H,1H3,(H,14,15)/t9-/m0/s1. The van der Waals surface area contributed by atoms with E-state index >= 15 is 0 Å². The van der Waals surface area contributed by atoms with Crippen LogP contribution in [0.25, 0.3) is 0 Å². The minimum Gasteiger partial charge on any atom is -0.270 e. The van der Waals surface area contributed by atoms with Gasteiger partial charge in [-0.3, -0.25) is 4.79 Å². The zero-order valence-corrected chi connectivity index (χ0v) is 8.21. The van der Waals surface area contributed by atoms with Gasteiger partial charge in [0.15, 0.2) is 6.04 Å². The normalized spacial score (nSPS) is 20.5. The average molecular weight is 202 g/mol. The number of azo groups is 1. The fourth-order valence-electron chi connectivity index (χ4n) is 1.21. The number of amides is 1. The maximum absolute atomic E-state index is 11.2. The van der Waals surface area contributed by atoms with Gasteiger partial charge in [0, 0.05) is 0 Å². The second-order valence-electron chi connectivity index (χ2n) is 3.18. The molecule has 0 unspecified atom stereocenters. The van der Waals surface area contributed by atoms with Crippen molar-refractivity contribution in [1.29, 1.82) is 0 Å². The lowest BCUT2D eigenvalue weighted by Crippen LogP contribution is -2.25. The second kappa shape index (κ2) is 4.00. The predicted octanol–water partition coefficient (Wildman–Crippen LogP) is 1.64. The molecule has 0 fully saturated rings. The summed E-state index contributed by atoms with van der Waals surface area (Å²) in [4.78, 5) is 11.2. The number of hydrogen-bond acceptors (Lipinski definition) is 4. The van der Waals surface area contributed by atoms with Crippen molar-refractivity contribution in [2.24, 2.45) is 15.3 Å². The lowest BCUT2D eigenvalue weighted by atomic mass is 10.2. The van der Waals surface area contributed by atoms with E-state index in [-0.39, 0.29) is 5.91 Å². The predicted molar refractivity (Wildman–Crippen MR) is 56.0 cm³/mol. The Bertz CT molecular complexity index is 424. The monoisotopic (exact) mass is 202 g/mol. The van der Waals surface area contributed by atoms with Crippen molar-refractivity contribution < 1.29 is 4.79 Å². The molecule has 1 heterocycles. The summed E-state index contributed by atoms with van der Waals surface area (Å²) in [6.45, 7) is 1.74. The van der Waals surface area contributed by atoms with Crippen LogP contribution in [0.4, 0.5) is 5.69 Å². The summed E-state index contributed by atoms with van der Waals surface area (Å²) in [5.41, 5.74) is 3.72. The van der Waals surface area contributed by atoms with Gasteiger partial charge in [0.25, 0.3) is 5.91 Å². The van der Waals surface area contributed by atoms with Gasteiger partial charge in [-0.25, -0.2) is 5.43 Å². The molecule has 76 valence electrons. The third-order valence-corrected chi connectivity index (χ3v) is 2.03. The Balaban J connectivity index is 2.12. The molecule has 1 amide bonds. The zero-order valence-electron chi connectivity index (χ0n) is 8.21. The van der Waals surface area contributed by atoms with Gasteiger partial charge in [0.05, 0.1) is 11.4 Å². The van der Waals surface area contributed by atoms with Crippen molar-refractivity contribution in [2.45, 2.75) is 13.0 Å². The molecule has 0 bridgehead atoms. The van der Waals surface area contributed by atoms with Crippen molar-refractivity contribution in [2.75, 3.05) is 0 Å². The van der Waals surface area contributed by atoms with E-state index in [0.29, 0.717) is 5.71 Å². The molecule has 0 spiro atoms. The molecule has 0 saturated heterocycles. The quantitative estimate of drug-likeness (QED) is 0.728. The van der Waals surface area contributed by atoms with Gasteiger partial charge in [-0.1, -0.05) is 18.2 Å². The minimum absolute atomic E-state index is 0.229. The van der Waals surface area contributed by atoms with Crippen molar-refractivity contribution in [3.05, 3.63) is 30.3 Å². The number of carbonyl (C=O) groups is 1. The van der Waals surface area contributed by atoms with Crippen molar-refractivity contribution in [3.63, 3.8) is 0 Å². The molecule has 1 aliphatic heterocycles. The summed E-state index contributed by atoms with van der Waals surface area (Å²) in [5, 5.41) is 11.7. The highest BCUT2D eigenvalue weighted by Gasteiger charge is 2.26. The lowest BCUT2D eigenvalue weighted by Gasteiger charge is -1.98. The van der Waals surface area contributed by atoms with Crippen LogP contribution in [-0.2, 0) is 4.79 Å². The first kappa shape index (κ1) is 9.51. The summed E-state index contributed by atoms with van der Waals surface area (Å²) in [5.74, 6) is -0.229. The highest BCUT2D eigenvalue weighted by Crippen LogP contribution is 2.12. The lowest BCUT2D eigenvalue weighted by molar-refractivity contribution is -0.120. The number of hydrazone groups is 1. The second-order valence-corrected chi connectivity index (χ2v) is 3.18. The van der Waals surface area contributed by atoms with Crippen LogP contribution in [0.5, 0.6) is 0 Å². The molecule has 0 radical (unpaired) electrons. The molecule has 2 rings (SSSR count). The number of rotatable bonds is 2. The Labute approximate surface area is 86.9 Å². The molecule has 0 aromatic heterocycles. The number of nitrogens with zero attached hydrogens (tertiary/aromatic N) is 3. The van der Waals surface area contributed by atoms with Crippen LogP contribution in [-0.4, -0.2) is 17.7 Å². The summed E-state index contributed by atoms with van der Waals surface area (Å²) < 4.78 is 0. The van der Waals surface area contributed by atoms with Crippen LogP contribution >= 0.6 is 0 Å². The number of carbonyl (C=O) groups excluding carboxylic acids is 1. The van der Waals surface area contributed by atoms with Gasteiger partial charge < -0.3 is 0 Å². The fraction of sp³-hybridized carbons (Fsp3) is 0.200. The molecule has 5 heteroatoms. The van der Waals surface area contributed by atoms with E-state index in [1.165, 1.54) is 0 Å². The van der Waals surface area contributed by atoms with Gasteiger partial charge >= 0.3 is 0 Å². The fourth-order valence-corrected chi connectivity index (χ4v) is 1.21. The smallest absolute Gasteiger partial charge is 0.270 e. The van der Waals surface area contributed by atoms with Crippen LogP contribution in [0.3, 0.4) is 0 Å². The summed E-state index contributed by atoms with van der Waals surface area (Å²) in [6, 6.07) is 8.69. The SMILES string of the molecule is CC1=NNC(=O)[C@H]1N=Nc1ccccc1. The van der Waals surface area contributed by atoms with Crippen LogP contribution in [0.1, 0.15) is 6.92 Å². The van der Waals surface area contributed by atoms with E-state index in [1.807, 2.05) is 30.3 Å². The van der Waals surface area contributed by atoms with Crippen LogP contribution in [0.2, 0.25) is 0 Å². The first-order valence-electron chi connectivity index (χ1n) is 4.57. The van der Waals surface area contributed by atoms with Crippen LogP contribution in [0, 0.1) is 0 Å². The van der Waals surface area contributed by atoms with Gasteiger partial charge in [0.2, 0.25) is 0 Å². The molecule has 0 aliphatic carbocycles. The highest BCUT2D eigenvalue weighted by molar-refractivity contribution is 6.10. The Morgan fingerprint density at radius 1 is 1.33 bits per heavy atom. The highest BCUT2D eigenvalue weighted by atomic mass is 16.2. The van der Waals surface area contributed by atoms with Crippen molar-refractivity contribution in [1.82, 2.24) is 5.43 Å². The first-order chi connectivity index (χ1) is 7.27. The van der Waals surface area contributed by atoms with Gasteiger partial charge in [-0.15, -0.1) is 0 Å². The molecule has 1 aromatic rings. The molecular formula is C10H10N4O. The Morgan fingerprint density at radius 3 is 2.67 bits per heavy atom. The van der Waals surface area contributed by atoms with E-state index in [0.717, 1.165) is 5.69 Å². The molecule has 15 heavy (non-hydrogen) atoms. The maximum atomic E-state index is 11.2. The molecule has 1 aromatic carbocycles. The Kier molecular flexibility index (Phi) is 2.53. The van der Waals surface area contributed by atoms with Crippen LogP contribution in [0.15, 0.2) is 45.7 Å². The molecule has 0 saturated carbocycles. The van der Waals surface area contributed by atoms with Crippen molar-refractivity contribution >= 4 is 17.3 Å². The maximum Gasteiger partial charge on any atom is 0.272 e.